The third-order valence-corrected chi connectivity index (χ3v) is 2.74. The van der Waals surface area contributed by atoms with Gasteiger partial charge in [-0.3, -0.25) is 4.79 Å². The number of nitrogens with one attached hydrogen (secondary N) is 1. The van der Waals surface area contributed by atoms with E-state index in [2.05, 4.69) is 26.2 Å². The first kappa shape index (κ1) is 14.0. The summed E-state index contributed by atoms with van der Waals surface area (Å²) in [5.41, 5.74) is 1.11. The topological polar surface area (TPSA) is 51.2 Å². The van der Waals surface area contributed by atoms with Crippen LogP contribution in [0.4, 0.5) is 5.82 Å². The second kappa shape index (κ2) is 7.27. The monoisotopic (exact) mass is 300 g/mol. The first-order valence-corrected chi connectivity index (χ1v) is 6.44. The van der Waals surface area contributed by atoms with Gasteiger partial charge in [0.05, 0.1) is 11.1 Å². The van der Waals surface area contributed by atoms with Crippen LogP contribution >= 0.6 is 15.9 Å². The number of aryl methyl sites for hydroxylation is 1. The number of anilines is 1. The van der Waals surface area contributed by atoms with Gasteiger partial charge in [-0.05, 0) is 47.8 Å². The van der Waals surface area contributed by atoms with Crippen molar-refractivity contribution >= 4 is 27.7 Å². The number of carbonyl (C=O) groups is 1. The largest absolute Gasteiger partial charge is 0.466 e. The molecule has 0 amide bonds. The molecule has 1 rings (SSSR count). The highest BCUT2D eigenvalue weighted by atomic mass is 79.9. The average Bonchev–Trinajstić information content (AvgIpc) is 2.27. The van der Waals surface area contributed by atoms with Gasteiger partial charge >= 0.3 is 5.97 Å². The molecule has 1 aromatic rings. The van der Waals surface area contributed by atoms with Gasteiger partial charge in [0.1, 0.15) is 5.82 Å². The Morgan fingerprint density at radius 3 is 3.00 bits per heavy atom. The molecule has 1 aromatic heterocycles. The Morgan fingerprint density at radius 1 is 1.59 bits per heavy atom. The minimum Gasteiger partial charge on any atom is -0.466 e. The summed E-state index contributed by atoms with van der Waals surface area (Å²) in [6.07, 6.45) is 2.98. The number of esters is 1. The first-order chi connectivity index (χ1) is 8.13. The molecule has 0 unspecified atom stereocenters. The van der Waals surface area contributed by atoms with Crippen molar-refractivity contribution in [3.05, 3.63) is 22.3 Å². The highest BCUT2D eigenvalue weighted by Gasteiger charge is 2.03. The molecule has 5 heteroatoms. The van der Waals surface area contributed by atoms with E-state index in [0.717, 1.165) is 22.3 Å². The minimum atomic E-state index is -0.148. The predicted octanol–water partition coefficient (Wildman–Crippen LogP) is 2.91. The number of hydrogen-bond acceptors (Lipinski definition) is 4. The van der Waals surface area contributed by atoms with Crippen molar-refractivity contribution in [2.75, 3.05) is 18.5 Å². The van der Waals surface area contributed by atoms with Crippen LogP contribution < -0.4 is 5.32 Å². The van der Waals surface area contributed by atoms with Crippen LogP contribution in [0, 0.1) is 6.92 Å². The number of pyridine rings is 1. The second-order valence-corrected chi connectivity index (χ2v) is 4.53. The fourth-order valence-corrected chi connectivity index (χ4v) is 1.94. The van der Waals surface area contributed by atoms with Crippen LogP contribution in [0.3, 0.4) is 0 Å². The van der Waals surface area contributed by atoms with E-state index in [4.69, 9.17) is 4.74 Å². The SMILES string of the molecule is CCOC(=O)CCCNc1ncc(C)cc1Br. The van der Waals surface area contributed by atoms with Crippen LogP contribution in [0.2, 0.25) is 0 Å². The molecule has 94 valence electrons. The van der Waals surface area contributed by atoms with Crippen LogP contribution in [0.25, 0.3) is 0 Å². The molecule has 0 spiro atoms. The lowest BCUT2D eigenvalue weighted by atomic mass is 10.3. The Bertz CT molecular complexity index is 383. The molecule has 1 N–H and O–H groups in total. The molecule has 0 radical (unpaired) electrons. The molecule has 0 aliphatic heterocycles. The van der Waals surface area contributed by atoms with Crippen molar-refractivity contribution in [2.45, 2.75) is 26.7 Å². The van der Waals surface area contributed by atoms with Crippen molar-refractivity contribution in [3.8, 4) is 0 Å². The van der Waals surface area contributed by atoms with Gasteiger partial charge in [0.2, 0.25) is 0 Å². The summed E-state index contributed by atoms with van der Waals surface area (Å²) in [5, 5.41) is 3.17. The van der Waals surface area contributed by atoms with Gasteiger partial charge in [-0.1, -0.05) is 0 Å². The summed E-state index contributed by atoms with van der Waals surface area (Å²) in [4.78, 5) is 15.3. The molecule has 0 fully saturated rings. The number of halogens is 1. The van der Waals surface area contributed by atoms with E-state index >= 15 is 0 Å². The zero-order chi connectivity index (χ0) is 12.7. The molecule has 1 heterocycles. The van der Waals surface area contributed by atoms with E-state index < -0.39 is 0 Å². The quantitative estimate of drug-likeness (QED) is 0.648. The summed E-state index contributed by atoms with van der Waals surface area (Å²) >= 11 is 3.44. The number of rotatable bonds is 6. The molecule has 0 saturated carbocycles. The Hall–Kier alpha value is -1.10. The Balaban J connectivity index is 2.29. The van der Waals surface area contributed by atoms with Crippen LogP contribution in [0.5, 0.6) is 0 Å². The molecule has 0 aliphatic carbocycles. The van der Waals surface area contributed by atoms with Gasteiger partial charge in [-0.25, -0.2) is 4.98 Å². The van der Waals surface area contributed by atoms with Crippen LogP contribution in [0.1, 0.15) is 25.3 Å². The fourth-order valence-electron chi connectivity index (χ4n) is 1.34. The van der Waals surface area contributed by atoms with Crippen molar-refractivity contribution in [1.29, 1.82) is 0 Å². The van der Waals surface area contributed by atoms with Crippen LogP contribution in [-0.4, -0.2) is 24.1 Å². The van der Waals surface area contributed by atoms with Crippen molar-refractivity contribution in [1.82, 2.24) is 4.98 Å². The minimum absolute atomic E-state index is 0.148. The van der Waals surface area contributed by atoms with Gasteiger partial charge < -0.3 is 10.1 Å². The van der Waals surface area contributed by atoms with E-state index in [1.807, 2.05) is 19.9 Å². The summed E-state index contributed by atoms with van der Waals surface area (Å²) in [6.45, 7) is 4.94. The molecule has 0 saturated heterocycles. The molecule has 0 bridgehead atoms. The number of aromatic nitrogens is 1. The normalized spacial score (nSPS) is 10.1. The zero-order valence-corrected chi connectivity index (χ0v) is 11.7. The Labute approximate surface area is 110 Å². The fraction of sp³-hybridized carbons (Fsp3) is 0.500. The van der Waals surface area contributed by atoms with Gasteiger partial charge in [-0.2, -0.15) is 0 Å². The highest BCUT2D eigenvalue weighted by Crippen LogP contribution is 2.20. The number of ether oxygens (including phenoxy) is 1. The van der Waals surface area contributed by atoms with Crippen molar-refractivity contribution in [2.24, 2.45) is 0 Å². The van der Waals surface area contributed by atoms with Crippen LogP contribution in [0.15, 0.2) is 16.7 Å². The Kier molecular flexibility index (Phi) is 5.97. The number of nitrogens with zero attached hydrogens (tertiary/aromatic N) is 1. The lowest BCUT2D eigenvalue weighted by molar-refractivity contribution is -0.143. The predicted molar refractivity (Wildman–Crippen MR) is 71.0 cm³/mol. The van der Waals surface area contributed by atoms with Gasteiger partial charge in [-0.15, -0.1) is 0 Å². The van der Waals surface area contributed by atoms with E-state index in [1.165, 1.54) is 0 Å². The molecule has 0 aliphatic rings. The third kappa shape index (κ3) is 5.17. The zero-order valence-electron chi connectivity index (χ0n) is 10.1. The van der Waals surface area contributed by atoms with Gasteiger partial charge in [0, 0.05) is 19.2 Å². The highest BCUT2D eigenvalue weighted by molar-refractivity contribution is 9.10. The third-order valence-electron chi connectivity index (χ3n) is 2.13. The van der Waals surface area contributed by atoms with E-state index in [-0.39, 0.29) is 5.97 Å². The summed E-state index contributed by atoms with van der Waals surface area (Å²) in [6, 6.07) is 2.00. The average molecular weight is 301 g/mol. The number of hydrogen-bond donors (Lipinski definition) is 1. The van der Waals surface area contributed by atoms with Gasteiger partial charge in [0.25, 0.3) is 0 Å². The molecule has 0 atom stereocenters. The van der Waals surface area contributed by atoms with Crippen LogP contribution in [-0.2, 0) is 9.53 Å². The smallest absolute Gasteiger partial charge is 0.305 e. The van der Waals surface area contributed by atoms with Crippen molar-refractivity contribution < 1.29 is 9.53 Å². The maximum atomic E-state index is 11.1. The first-order valence-electron chi connectivity index (χ1n) is 5.65. The lowest BCUT2D eigenvalue weighted by Gasteiger charge is -2.07. The second-order valence-electron chi connectivity index (χ2n) is 3.68. The summed E-state index contributed by atoms with van der Waals surface area (Å²) < 4.78 is 5.78. The van der Waals surface area contributed by atoms with Crippen molar-refractivity contribution in [3.63, 3.8) is 0 Å². The van der Waals surface area contributed by atoms with E-state index in [9.17, 15) is 4.79 Å². The van der Waals surface area contributed by atoms with E-state index in [1.54, 1.807) is 6.20 Å². The summed E-state index contributed by atoms with van der Waals surface area (Å²) in [5.74, 6) is 0.657. The molecule has 4 nitrogen and oxygen atoms in total. The maximum Gasteiger partial charge on any atom is 0.305 e. The molecular weight excluding hydrogens is 284 g/mol. The maximum absolute atomic E-state index is 11.1. The molecule has 17 heavy (non-hydrogen) atoms. The summed E-state index contributed by atoms with van der Waals surface area (Å²) in [7, 11) is 0. The van der Waals surface area contributed by atoms with E-state index in [0.29, 0.717) is 19.6 Å². The Morgan fingerprint density at radius 2 is 2.35 bits per heavy atom. The standard InChI is InChI=1S/C12H17BrN2O2/c1-3-17-11(16)5-4-6-14-12-10(13)7-9(2)8-15-12/h7-8H,3-6H2,1-2H3,(H,14,15). The number of carbonyl (C=O) groups excluding carboxylic acids is 1. The lowest BCUT2D eigenvalue weighted by Crippen LogP contribution is -2.09. The molecule has 0 aromatic carbocycles. The molecular formula is C12H17BrN2O2. The van der Waals surface area contributed by atoms with Gasteiger partial charge in [0.15, 0.2) is 0 Å².